The second-order valence-corrected chi connectivity index (χ2v) is 11.3. The number of carboxylic acids is 2. The SMILES string of the molecule is CC(=O)[O-].CC(=O)[O-].CC(C)c1cc(C(F)(F)F)cc(C=NC2CCCC(N=Cc3cc(C(F)(F)F)cc(C(C)C)c3O)C2)c1O.[Co+2]. The number of carboxylic acid groups (broad SMARTS) is 2. The van der Waals surface area contributed by atoms with E-state index >= 15 is 0 Å². The summed E-state index contributed by atoms with van der Waals surface area (Å²) in [5, 5.41) is 38.8. The van der Waals surface area contributed by atoms with Crippen LogP contribution in [0.1, 0.15) is 112 Å². The van der Waals surface area contributed by atoms with Crippen molar-refractivity contribution in [1.29, 1.82) is 0 Å². The van der Waals surface area contributed by atoms with Gasteiger partial charge in [0.2, 0.25) is 0 Å². The monoisotopic (exact) mass is 719 g/mol. The molecule has 0 bridgehead atoms. The van der Waals surface area contributed by atoms with Gasteiger partial charge in [-0.25, -0.2) is 0 Å². The second-order valence-electron chi connectivity index (χ2n) is 11.3. The zero-order chi connectivity index (χ0) is 35.6. The van der Waals surface area contributed by atoms with Crippen molar-refractivity contribution in [1.82, 2.24) is 0 Å². The number of phenolic OH excluding ortho intramolecular Hbond substituents is 2. The number of nitrogens with zero attached hydrogens (tertiary/aromatic N) is 2. The van der Waals surface area contributed by atoms with Crippen LogP contribution in [-0.4, -0.2) is 46.7 Å². The van der Waals surface area contributed by atoms with Crippen molar-refractivity contribution < 1.29 is 73.1 Å². The number of halogens is 6. The number of rotatable bonds is 6. The summed E-state index contributed by atoms with van der Waals surface area (Å²) in [7, 11) is 0. The number of aliphatic imine (C=N–C) groups is 2. The molecule has 8 nitrogen and oxygen atoms in total. The first-order chi connectivity index (χ1) is 21.0. The first-order valence-electron chi connectivity index (χ1n) is 14.3. The third-order valence-corrected chi connectivity index (χ3v) is 6.70. The van der Waals surface area contributed by atoms with E-state index in [2.05, 4.69) is 9.98 Å². The van der Waals surface area contributed by atoms with Gasteiger partial charge in [-0.15, -0.1) is 0 Å². The Balaban J connectivity index is 0.00000211. The van der Waals surface area contributed by atoms with E-state index in [-0.39, 0.29) is 74.5 Å². The maximum Gasteiger partial charge on any atom is 2.00 e. The predicted octanol–water partition coefficient (Wildman–Crippen LogP) is 5.74. The Hall–Kier alpha value is -3.59. The molecular formula is C32H38CoF6N2O6. The minimum atomic E-state index is -4.57. The summed E-state index contributed by atoms with van der Waals surface area (Å²) in [6.45, 7) is 8.69. The largest absolute Gasteiger partial charge is 2.00 e. The van der Waals surface area contributed by atoms with Crippen molar-refractivity contribution in [3.8, 4) is 11.5 Å². The zero-order valence-electron chi connectivity index (χ0n) is 26.6. The van der Waals surface area contributed by atoms with Gasteiger partial charge in [-0.05, 0) is 86.8 Å². The zero-order valence-corrected chi connectivity index (χ0v) is 27.7. The molecule has 2 unspecified atom stereocenters. The molecule has 2 N–H and O–H groups in total. The third kappa shape index (κ3) is 14.8. The number of benzene rings is 2. The molecule has 0 saturated heterocycles. The molecular weight excluding hydrogens is 681 g/mol. The van der Waals surface area contributed by atoms with E-state index in [4.69, 9.17) is 19.8 Å². The van der Waals surface area contributed by atoms with E-state index in [9.17, 15) is 36.6 Å². The molecule has 47 heavy (non-hydrogen) atoms. The maximum atomic E-state index is 13.4. The summed E-state index contributed by atoms with van der Waals surface area (Å²) in [4.78, 5) is 26.6. The quantitative estimate of drug-likeness (QED) is 0.288. The van der Waals surface area contributed by atoms with Crippen LogP contribution in [0.5, 0.6) is 11.5 Å². The molecule has 1 aliphatic rings. The Morgan fingerprint density at radius 1 is 0.745 bits per heavy atom. The average molecular weight is 720 g/mol. The summed E-state index contributed by atoms with van der Waals surface area (Å²) in [5.74, 6) is -3.33. The van der Waals surface area contributed by atoms with Gasteiger partial charge in [0, 0.05) is 35.5 Å². The van der Waals surface area contributed by atoms with Gasteiger partial charge in [-0.3, -0.25) is 9.98 Å². The number of carbonyl (C=O) groups excluding carboxylic acids is 2. The van der Waals surface area contributed by atoms with Crippen molar-refractivity contribution in [2.45, 2.75) is 103 Å². The van der Waals surface area contributed by atoms with Crippen LogP contribution in [0.15, 0.2) is 34.3 Å². The van der Waals surface area contributed by atoms with Crippen LogP contribution in [0.25, 0.3) is 0 Å². The second kappa shape index (κ2) is 18.7. The van der Waals surface area contributed by atoms with E-state index in [0.717, 1.165) is 38.1 Å². The Kier molecular flexibility index (Phi) is 17.2. The molecule has 1 aliphatic carbocycles. The standard InChI is InChI=1S/C28H32F6N2O2.2C2H4O2.Co/c1-15(2)23-10-19(27(29,30)31)8-17(25(23)37)13-35-21-6-5-7-22(12-21)36-14-18-9-20(28(32,33)34)11-24(16(3)4)26(18)38;2*1-2(3)4;/h8-11,13-16,21-22,37-38H,5-7,12H2,1-4H3;2*1H3,(H,3,4);/q;;;+2/p-2. The molecule has 0 aliphatic heterocycles. The predicted molar refractivity (Wildman–Crippen MR) is 157 cm³/mol. The van der Waals surface area contributed by atoms with E-state index in [1.807, 2.05) is 0 Å². The van der Waals surface area contributed by atoms with Crippen LogP contribution in [-0.2, 0) is 38.7 Å². The number of aromatic hydroxyl groups is 2. The number of hydrogen-bond donors (Lipinski definition) is 2. The van der Waals surface area contributed by atoms with Crippen LogP contribution >= 0.6 is 0 Å². The number of hydrogen-bond acceptors (Lipinski definition) is 8. The van der Waals surface area contributed by atoms with Gasteiger partial charge < -0.3 is 30.0 Å². The molecule has 2 atom stereocenters. The van der Waals surface area contributed by atoms with E-state index in [1.54, 1.807) is 27.7 Å². The van der Waals surface area contributed by atoms with Crippen LogP contribution in [0, 0.1) is 0 Å². The van der Waals surface area contributed by atoms with Crippen molar-refractivity contribution in [2.75, 3.05) is 0 Å². The average Bonchev–Trinajstić information content (AvgIpc) is 2.90. The Morgan fingerprint density at radius 2 is 1.04 bits per heavy atom. The molecule has 1 saturated carbocycles. The van der Waals surface area contributed by atoms with E-state index in [0.29, 0.717) is 25.7 Å². The van der Waals surface area contributed by atoms with Gasteiger partial charge in [0.25, 0.3) is 0 Å². The molecule has 0 spiro atoms. The minimum absolute atomic E-state index is 0. The molecule has 1 radical (unpaired) electrons. The molecule has 3 rings (SSSR count). The smallest absolute Gasteiger partial charge is 0.550 e. The van der Waals surface area contributed by atoms with Crippen LogP contribution < -0.4 is 10.2 Å². The number of phenols is 2. The Labute approximate surface area is 279 Å². The summed E-state index contributed by atoms with van der Waals surface area (Å²) in [6.07, 6.45) is -4.19. The molecule has 15 heteroatoms. The summed E-state index contributed by atoms with van der Waals surface area (Å²) in [6, 6.07) is 3.04. The van der Waals surface area contributed by atoms with Gasteiger partial charge in [-0.2, -0.15) is 26.3 Å². The molecule has 0 heterocycles. The van der Waals surface area contributed by atoms with Crippen LogP contribution in [0.4, 0.5) is 26.3 Å². The van der Waals surface area contributed by atoms with Gasteiger partial charge in [-0.1, -0.05) is 27.7 Å². The number of alkyl halides is 6. The summed E-state index contributed by atoms with van der Waals surface area (Å²) in [5.41, 5.74) is -1.43. The summed E-state index contributed by atoms with van der Waals surface area (Å²) >= 11 is 0. The van der Waals surface area contributed by atoms with Crippen LogP contribution in [0.3, 0.4) is 0 Å². The van der Waals surface area contributed by atoms with Gasteiger partial charge in [0.1, 0.15) is 11.5 Å². The number of carbonyl (C=O) groups is 2. The van der Waals surface area contributed by atoms with Gasteiger partial charge in [0.15, 0.2) is 0 Å². The summed E-state index contributed by atoms with van der Waals surface area (Å²) < 4.78 is 80.3. The third-order valence-electron chi connectivity index (χ3n) is 6.70. The molecule has 263 valence electrons. The van der Waals surface area contributed by atoms with Gasteiger partial charge in [0.05, 0.1) is 23.2 Å². The fourth-order valence-electron chi connectivity index (χ4n) is 4.55. The van der Waals surface area contributed by atoms with Crippen molar-refractivity contribution in [3.05, 3.63) is 57.6 Å². The van der Waals surface area contributed by atoms with E-state index < -0.39 is 35.4 Å². The fourth-order valence-corrected chi connectivity index (χ4v) is 4.55. The topological polar surface area (TPSA) is 145 Å². The molecule has 0 amide bonds. The Morgan fingerprint density at radius 3 is 1.30 bits per heavy atom. The molecule has 1 fully saturated rings. The molecule has 2 aromatic carbocycles. The number of aliphatic carboxylic acids is 2. The Bertz CT molecular complexity index is 1300. The van der Waals surface area contributed by atoms with E-state index in [1.165, 1.54) is 12.4 Å². The van der Waals surface area contributed by atoms with Crippen LogP contribution in [0.2, 0.25) is 0 Å². The fraction of sp³-hybridized carbons (Fsp3) is 0.500. The first kappa shape index (κ1) is 43.4. The van der Waals surface area contributed by atoms with Crippen molar-refractivity contribution >= 4 is 24.4 Å². The molecule has 0 aromatic heterocycles. The van der Waals surface area contributed by atoms with Crippen molar-refractivity contribution in [2.24, 2.45) is 9.98 Å². The van der Waals surface area contributed by atoms with Gasteiger partial charge >= 0.3 is 29.1 Å². The molecule has 2 aromatic rings. The normalized spacial score (nSPS) is 16.7. The van der Waals surface area contributed by atoms with Crippen molar-refractivity contribution in [3.63, 3.8) is 0 Å². The first-order valence-corrected chi connectivity index (χ1v) is 14.3. The minimum Gasteiger partial charge on any atom is -0.550 e. The maximum absolute atomic E-state index is 13.4.